The smallest absolute Gasteiger partial charge is 0.157 e. The van der Waals surface area contributed by atoms with Crippen LogP contribution in [-0.4, -0.2) is 34.5 Å². The lowest BCUT2D eigenvalue weighted by atomic mass is 9.99. The Bertz CT molecular complexity index is 694. The highest BCUT2D eigenvalue weighted by molar-refractivity contribution is 7.91. The van der Waals surface area contributed by atoms with Gasteiger partial charge in [0.15, 0.2) is 11.5 Å². The van der Waals surface area contributed by atoms with Crippen molar-refractivity contribution in [1.29, 1.82) is 0 Å². The Morgan fingerprint density at radius 1 is 1.37 bits per heavy atom. The van der Waals surface area contributed by atoms with E-state index >= 15 is 0 Å². The van der Waals surface area contributed by atoms with Gasteiger partial charge in [-0.2, -0.15) is 5.10 Å². The number of pyridine rings is 1. The summed E-state index contributed by atoms with van der Waals surface area (Å²) < 4.78 is 24.5. The van der Waals surface area contributed by atoms with Crippen molar-refractivity contribution in [3.63, 3.8) is 0 Å². The molecule has 102 valence electrons. The molecule has 0 bridgehead atoms. The molecule has 0 aliphatic carbocycles. The van der Waals surface area contributed by atoms with E-state index in [1.54, 1.807) is 22.8 Å². The van der Waals surface area contributed by atoms with E-state index in [0.29, 0.717) is 24.4 Å². The van der Waals surface area contributed by atoms with E-state index in [4.69, 9.17) is 5.73 Å². The first-order chi connectivity index (χ1) is 9.02. The summed E-state index contributed by atoms with van der Waals surface area (Å²) in [4.78, 5) is 4.43. The Kier molecular flexibility index (Phi) is 2.93. The predicted molar refractivity (Wildman–Crippen MR) is 72.5 cm³/mol. The Labute approximate surface area is 111 Å². The van der Waals surface area contributed by atoms with Crippen LogP contribution in [0, 0.1) is 5.92 Å². The van der Waals surface area contributed by atoms with Gasteiger partial charge in [0.2, 0.25) is 0 Å². The molecule has 3 heterocycles. The Balaban J connectivity index is 1.75. The molecule has 3 rings (SSSR count). The van der Waals surface area contributed by atoms with Gasteiger partial charge in [-0.15, -0.1) is 0 Å². The largest absolute Gasteiger partial charge is 0.399 e. The lowest BCUT2D eigenvalue weighted by molar-refractivity contribution is 0.454. The number of nitrogens with two attached hydrogens (primary N) is 1. The van der Waals surface area contributed by atoms with Crippen molar-refractivity contribution in [3.8, 4) is 0 Å². The molecule has 1 aliphatic heterocycles. The van der Waals surface area contributed by atoms with E-state index in [1.807, 2.05) is 0 Å². The summed E-state index contributed by atoms with van der Waals surface area (Å²) in [7, 11) is -2.80. The Hall–Kier alpha value is -1.63. The predicted octanol–water partition coefficient (Wildman–Crippen LogP) is 0.679. The molecule has 2 N–H and O–H groups in total. The zero-order valence-electron chi connectivity index (χ0n) is 10.5. The zero-order valence-corrected chi connectivity index (χ0v) is 11.3. The number of hydrogen-bond acceptors (Lipinski definition) is 5. The van der Waals surface area contributed by atoms with Gasteiger partial charge in [0.1, 0.15) is 9.84 Å². The van der Waals surface area contributed by atoms with Crippen molar-refractivity contribution >= 4 is 21.2 Å². The summed E-state index contributed by atoms with van der Waals surface area (Å²) in [5, 5.41) is 4.38. The first-order valence-electron chi connectivity index (χ1n) is 6.33. The van der Waals surface area contributed by atoms with Gasteiger partial charge >= 0.3 is 0 Å². The fourth-order valence-corrected chi connectivity index (χ4v) is 4.02. The molecule has 2 aromatic heterocycles. The summed E-state index contributed by atoms with van der Waals surface area (Å²) in [6.45, 7) is 0. The van der Waals surface area contributed by atoms with Crippen LogP contribution >= 0.6 is 0 Å². The third-order valence-electron chi connectivity index (χ3n) is 3.55. The molecular weight excluding hydrogens is 264 g/mol. The minimum atomic E-state index is -2.80. The number of sulfone groups is 1. The Morgan fingerprint density at radius 3 is 2.84 bits per heavy atom. The summed E-state index contributed by atoms with van der Waals surface area (Å²) in [6, 6.07) is 3.56. The monoisotopic (exact) mass is 280 g/mol. The highest BCUT2D eigenvalue weighted by Gasteiger charge is 2.24. The van der Waals surface area contributed by atoms with Crippen molar-refractivity contribution in [1.82, 2.24) is 14.6 Å². The lowest BCUT2D eigenvalue weighted by Gasteiger charge is -2.20. The van der Waals surface area contributed by atoms with Gasteiger partial charge in [0, 0.05) is 24.4 Å². The van der Waals surface area contributed by atoms with E-state index < -0.39 is 9.84 Å². The van der Waals surface area contributed by atoms with Gasteiger partial charge in [0.25, 0.3) is 0 Å². The van der Waals surface area contributed by atoms with Crippen molar-refractivity contribution in [2.45, 2.75) is 19.3 Å². The number of nitrogen functional groups attached to an aromatic ring is 1. The van der Waals surface area contributed by atoms with E-state index in [1.165, 1.54) is 0 Å². The number of aromatic nitrogens is 3. The summed E-state index contributed by atoms with van der Waals surface area (Å²) in [5.74, 6) is 1.70. The molecule has 6 nitrogen and oxygen atoms in total. The van der Waals surface area contributed by atoms with Crippen LogP contribution in [0.2, 0.25) is 0 Å². The summed E-state index contributed by atoms with van der Waals surface area (Å²) in [6.07, 6.45) is 3.93. The van der Waals surface area contributed by atoms with Gasteiger partial charge in [0.05, 0.1) is 11.5 Å². The SMILES string of the molecule is Nc1ccn2nc(CC3CCS(=O)(=O)CC3)nc2c1. The molecule has 0 atom stereocenters. The number of rotatable bonds is 2. The van der Waals surface area contributed by atoms with Crippen molar-refractivity contribution in [3.05, 3.63) is 24.2 Å². The van der Waals surface area contributed by atoms with Crippen LogP contribution in [0.25, 0.3) is 5.65 Å². The maximum atomic E-state index is 11.4. The molecule has 0 unspecified atom stereocenters. The van der Waals surface area contributed by atoms with Crippen LogP contribution in [0.5, 0.6) is 0 Å². The lowest BCUT2D eigenvalue weighted by Crippen LogP contribution is -2.24. The van der Waals surface area contributed by atoms with Crippen LogP contribution in [0.4, 0.5) is 5.69 Å². The van der Waals surface area contributed by atoms with E-state index in [-0.39, 0.29) is 11.5 Å². The molecule has 1 saturated heterocycles. The van der Waals surface area contributed by atoms with Crippen LogP contribution in [0.3, 0.4) is 0 Å². The topological polar surface area (TPSA) is 90.4 Å². The van der Waals surface area contributed by atoms with Crippen molar-refractivity contribution < 1.29 is 8.42 Å². The van der Waals surface area contributed by atoms with E-state index in [9.17, 15) is 8.42 Å². The van der Waals surface area contributed by atoms with Gasteiger partial charge in [-0.05, 0) is 24.8 Å². The summed E-state index contributed by atoms with van der Waals surface area (Å²) in [5.41, 5.74) is 7.10. The van der Waals surface area contributed by atoms with Gasteiger partial charge in [-0.1, -0.05) is 0 Å². The molecule has 19 heavy (non-hydrogen) atoms. The minimum absolute atomic E-state index is 0.290. The minimum Gasteiger partial charge on any atom is -0.399 e. The van der Waals surface area contributed by atoms with Crippen LogP contribution < -0.4 is 5.73 Å². The third-order valence-corrected chi connectivity index (χ3v) is 5.27. The number of fused-ring (bicyclic) bond motifs is 1. The molecule has 2 aromatic rings. The highest BCUT2D eigenvalue weighted by atomic mass is 32.2. The average molecular weight is 280 g/mol. The number of anilines is 1. The average Bonchev–Trinajstić information content (AvgIpc) is 2.73. The van der Waals surface area contributed by atoms with Crippen LogP contribution in [-0.2, 0) is 16.3 Å². The first-order valence-corrected chi connectivity index (χ1v) is 8.15. The molecule has 1 fully saturated rings. The molecule has 0 saturated carbocycles. The normalized spacial score (nSPS) is 19.8. The fourth-order valence-electron chi connectivity index (χ4n) is 2.43. The van der Waals surface area contributed by atoms with E-state index in [2.05, 4.69) is 10.1 Å². The van der Waals surface area contributed by atoms with Gasteiger partial charge in [-0.3, -0.25) is 0 Å². The second-order valence-corrected chi connectivity index (χ2v) is 7.39. The second kappa shape index (κ2) is 4.48. The maximum absolute atomic E-state index is 11.4. The van der Waals surface area contributed by atoms with Crippen LogP contribution in [0.15, 0.2) is 18.3 Å². The first kappa shape index (κ1) is 12.4. The molecular formula is C12H16N4O2S. The molecule has 0 spiro atoms. The van der Waals surface area contributed by atoms with Gasteiger partial charge < -0.3 is 5.73 Å². The maximum Gasteiger partial charge on any atom is 0.157 e. The molecule has 0 radical (unpaired) electrons. The molecule has 0 aromatic carbocycles. The van der Waals surface area contributed by atoms with Crippen LogP contribution in [0.1, 0.15) is 18.7 Å². The molecule has 7 heteroatoms. The fraction of sp³-hybridized carbons (Fsp3) is 0.500. The standard InChI is InChI=1S/C12H16N4O2S/c13-10-1-4-16-12(8-10)14-11(15-16)7-9-2-5-19(17,18)6-3-9/h1,4,8-9H,2-3,5-7,13H2. The quantitative estimate of drug-likeness (QED) is 0.873. The van der Waals surface area contributed by atoms with Crippen molar-refractivity contribution in [2.24, 2.45) is 5.92 Å². The van der Waals surface area contributed by atoms with Gasteiger partial charge in [-0.25, -0.2) is 17.9 Å². The summed E-state index contributed by atoms with van der Waals surface area (Å²) >= 11 is 0. The second-order valence-electron chi connectivity index (χ2n) is 5.09. The Morgan fingerprint density at radius 2 is 2.11 bits per heavy atom. The third kappa shape index (κ3) is 2.70. The highest BCUT2D eigenvalue weighted by Crippen LogP contribution is 2.22. The number of hydrogen-bond donors (Lipinski definition) is 1. The molecule has 1 aliphatic rings. The zero-order chi connectivity index (χ0) is 13.5. The number of nitrogens with zero attached hydrogens (tertiary/aromatic N) is 3. The van der Waals surface area contributed by atoms with Crippen molar-refractivity contribution in [2.75, 3.05) is 17.2 Å². The molecule has 0 amide bonds. The van der Waals surface area contributed by atoms with E-state index in [0.717, 1.165) is 17.9 Å².